The van der Waals surface area contributed by atoms with Crippen molar-refractivity contribution in [2.45, 2.75) is 39.4 Å². The molecule has 0 saturated carbocycles. The Morgan fingerprint density at radius 3 is 2.33 bits per heavy atom. The molecule has 0 saturated heterocycles. The Morgan fingerprint density at radius 2 is 1.74 bits per heavy atom. The normalized spacial score (nSPS) is 12.0. The lowest BCUT2D eigenvalue weighted by Crippen LogP contribution is -2.24. The van der Waals surface area contributed by atoms with Gasteiger partial charge in [0, 0.05) is 0 Å². The fraction of sp³-hybridized carbons (Fsp3) is 0.300. The SMILES string of the molecule is Cc1nn(Cc2cccc(C(F)(F)F)c2)c(=O)n1-c1ccc(C(C)C)cc1. The molecule has 0 aliphatic carbocycles. The Kier molecular flexibility index (Phi) is 4.95. The molecule has 0 radical (unpaired) electrons. The van der Waals surface area contributed by atoms with Crippen molar-refractivity contribution in [2.75, 3.05) is 0 Å². The van der Waals surface area contributed by atoms with E-state index in [9.17, 15) is 18.0 Å². The lowest BCUT2D eigenvalue weighted by atomic mass is 10.0. The van der Waals surface area contributed by atoms with Gasteiger partial charge in [0.1, 0.15) is 5.82 Å². The van der Waals surface area contributed by atoms with E-state index in [0.29, 0.717) is 23.0 Å². The number of alkyl halides is 3. The summed E-state index contributed by atoms with van der Waals surface area (Å²) in [5, 5.41) is 4.22. The van der Waals surface area contributed by atoms with Gasteiger partial charge in [0.15, 0.2) is 0 Å². The van der Waals surface area contributed by atoms with Gasteiger partial charge in [-0.1, -0.05) is 38.1 Å². The summed E-state index contributed by atoms with van der Waals surface area (Å²) < 4.78 is 41.3. The molecular weight excluding hydrogens is 355 g/mol. The van der Waals surface area contributed by atoms with Gasteiger partial charge in [-0.3, -0.25) is 0 Å². The van der Waals surface area contributed by atoms with Gasteiger partial charge >= 0.3 is 11.9 Å². The summed E-state index contributed by atoms with van der Waals surface area (Å²) in [4.78, 5) is 12.7. The number of aromatic nitrogens is 3. The highest BCUT2D eigenvalue weighted by Crippen LogP contribution is 2.29. The van der Waals surface area contributed by atoms with Gasteiger partial charge in [0.2, 0.25) is 0 Å². The number of halogens is 3. The van der Waals surface area contributed by atoms with Crippen LogP contribution in [0, 0.1) is 6.92 Å². The smallest absolute Gasteiger partial charge is 0.247 e. The molecule has 0 aliphatic rings. The molecule has 7 heteroatoms. The molecule has 1 aromatic heterocycles. The van der Waals surface area contributed by atoms with E-state index in [1.807, 2.05) is 24.3 Å². The maximum atomic E-state index is 12.9. The number of hydrogen-bond acceptors (Lipinski definition) is 2. The highest BCUT2D eigenvalue weighted by Gasteiger charge is 2.30. The monoisotopic (exact) mass is 375 g/mol. The molecule has 0 amide bonds. The molecule has 0 spiro atoms. The van der Waals surface area contributed by atoms with Crippen LogP contribution in [0.2, 0.25) is 0 Å². The van der Waals surface area contributed by atoms with Crippen LogP contribution in [-0.2, 0) is 12.7 Å². The first kappa shape index (κ1) is 18.9. The van der Waals surface area contributed by atoms with E-state index >= 15 is 0 Å². The van der Waals surface area contributed by atoms with Gasteiger partial charge in [-0.15, -0.1) is 0 Å². The van der Waals surface area contributed by atoms with Crippen molar-refractivity contribution < 1.29 is 13.2 Å². The van der Waals surface area contributed by atoms with Crippen LogP contribution in [0.3, 0.4) is 0 Å². The van der Waals surface area contributed by atoms with E-state index in [1.165, 1.54) is 15.3 Å². The van der Waals surface area contributed by atoms with E-state index in [1.54, 1.807) is 13.0 Å². The topological polar surface area (TPSA) is 39.8 Å². The summed E-state index contributed by atoms with van der Waals surface area (Å²) in [5.41, 5.74) is 1.07. The Balaban J connectivity index is 1.94. The first-order valence-electron chi connectivity index (χ1n) is 8.59. The predicted octanol–water partition coefficient (Wildman–Crippen LogP) is 4.53. The van der Waals surface area contributed by atoms with E-state index in [4.69, 9.17) is 0 Å². The standard InChI is InChI=1S/C20H20F3N3O/c1-13(2)16-7-9-18(10-8-16)26-14(3)24-25(19(26)27)12-15-5-4-6-17(11-15)20(21,22)23/h4-11,13H,12H2,1-3H3. The van der Waals surface area contributed by atoms with Crippen LogP contribution in [0.4, 0.5) is 13.2 Å². The Bertz CT molecular complexity index is 999. The molecule has 0 N–H and O–H groups in total. The van der Waals surface area contributed by atoms with Crippen LogP contribution < -0.4 is 5.69 Å². The van der Waals surface area contributed by atoms with E-state index in [2.05, 4.69) is 18.9 Å². The molecule has 27 heavy (non-hydrogen) atoms. The van der Waals surface area contributed by atoms with E-state index in [-0.39, 0.29) is 12.2 Å². The molecule has 2 aromatic carbocycles. The number of nitrogens with zero attached hydrogens (tertiary/aromatic N) is 3. The molecule has 0 unspecified atom stereocenters. The summed E-state index contributed by atoms with van der Waals surface area (Å²) in [7, 11) is 0. The molecule has 0 bridgehead atoms. The molecule has 4 nitrogen and oxygen atoms in total. The van der Waals surface area contributed by atoms with Gasteiger partial charge < -0.3 is 0 Å². The molecule has 3 rings (SSSR count). The Hall–Kier alpha value is -2.83. The zero-order valence-corrected chi connectivity index (χ0v) is 15.3. The average Bonchev–Trinajstić information content (AvgIpc) is 2.88. The summed E-state index contributed by atoms with van der Waals surface area (Å²) in [6.07, 6.45) is -4.42. The van der Waals surface area contributed by atoms with Crippen molar-refractivity contribution in [3.05, 3.63) is 81.5 Å². The van der Waals surface area contributed by atoms with Crippen molar-refractivity contribution >= 4 is 0 Å². The van der Waals surface area contributed by atoms with Crippen LogP contribution in [0.1, 0.15) is 42.3 Å². The number of aryl methyl sites for hydroxylation is 1. The van der Waals surface area contributed by atoms with Crippen molar-refractivity contribution in [2.24, 2.45) is 0 Å². The highest BCUT2D eigenvalue weighted by atomic mass is 19.4. The first-order chi connectivity index (χ1) is 12.7. The third-order valence-electron chi connectivity index (χ3n) is 4.41. The molecular formula is C20H20F3N3O. The molecule has 1 heterocycles. The second-order valence-corrected chi connectivity index (χ2v) is 6.77. The number of benzene rings is 2. The molecule has 142 valence electrons. The zero-order chi connectivity index (χ0) is 19.8. The second kappa shape index (κ2) is 7.06. The molecule has 0 fully saturated rings. The molecule has 0 atom stereocenters. The van der Waals surface area contributed by atoms with Crippen LogP contribution in [0.25, 0.3) is 5.69 Å². The van der Waals surface area contributed by atoms with Crippen LogP contribution >= 0.6 is 0 Å². The highest BCUT2D eigenvalue weighted by molar-refractivity contribution is 5.36. The lowest BCUT2D eigenvalue weighted by Gasteiger charge is -2.08. The third kappa shape index (κ3) is 3.97. The fourth-order valence-corrected chi connectivity index (χ4v) is 2.94. The predicted molar refractivity (Wildman–Crippen MR) is 97.2 cm³/mol. The number of rotatable bonds is 4. The van der Waals surface area contributed by atoms with Crippen LogP contribution in [-0.4, -0.2) is 14.3 Å². The van der Waals surface area contributed by atoms with Gasteiger partial charge in [0.05, 0.1) is 17.8 Å². The minimum Gasteiger partial charge on any atom is -0.247 e. The molecule has 3 aromatic rings. The van der Waals surface area contributed by atoms with E-state index in [0.717, 1.165) is 17.7 Å². The summed E-state index contributed by atoms with van der Waals surface area (Å²) in [5.74, 6) is 0.852. The van der Waals surface area contributed by atoms with Crippen LogP contribution in [0.5, 0.6) is 0 Å². The summed E-state index contributed by atoms with van der Waals surface area (Å²) >= 11 is 0. The quantitative estimate of drug-likeness (QED) is 0.672. The van der Waals surface area contributed by atoms with Gasteiger partial charge in [0.25, 0.3) is 0 Å². The van der Waals surface area contributed by atoms with Crippen molar-refractivity contribution in [1.82, 2.24) is 14.3 Å². The fourth-order valence-electron chi connectivity index (χ4n) is 2.94. The van der Waals surface area contributed by atoms with Crippen LogP contribution in [0.15, 0.2) is 53.3 Å². The number of hydrogen-bond donors (Lipinski definition) is 0. The maximum absolute atomic E-state index is 12.9. The minimum absolute atomic E-state index is 0.0271. The van der Waals surface area contributed by atoms with E-state index < -0.39 is 11.7 Å². The summed E-state index contributed by atoms with van der Waals surface area (Å²) in [6.45, 7) is 5.83. The van der Waals surface area contributed by atoms with Gasteiger partial charge in [-0.25, -0.2) is 14.0 Å². The second-order valence-electron chi connectivity index (χ2n) is 6.77. The van der Waals surface area contributed by atoms with Gasteiger partial charge in [-0.2, -0.15) is 18.3 Å². The Labute approximate surface area is 154 Å². The first-order valence-corrected chi connectivity index (χ1v) is 8.59. The largest absolute Gasteiger partial charge is 0.416 e. The maximum Gasteiger partial charge on any atom is 0.416 e. The van der Waals surface area contributed by atoms with Crippen molar-refractivity contribution in [1.29, 1.82) is 0 Å². The van der Waals surface area contributed by atoms with Crippen molar-refractivity contribution in [3.8, 4) is 5.69 Å². The zero-order valence-electron chi connectivity index (χ0n) is 15.3. The minimum atomic E-state index is -4.42. The third-order valence-corrected chi connectivity index (χ3v) is 4.41. The summed E-state index contributed by atoms with van der Waals surface area (Å²) in [6, 6.07) is 12.5. The molecule has 0 aliphatic heterocycles. The van der Waals surface area contributed by atoms with Gasteiger partial charge in [-0.05, 0) is 48.2 Å². The average molecular weight is 375 g/mol. The Morgan fingerprint density at radius 1 is 1.07 bits per heavy atom. The lowest BCUT2D eigenvalue weighted by molar-refractivity contribution is -0.137. The van der Waals surface area contributed by atoms with Crippen molar-refractivity contribution in [3.63, 3.8) is 0 Å².